The van der Waals surface area contributed by atoms with Crippen molar-refractivity contribution >= 4 is 5.82 Å². The first-order valence-corrected chi connectivity index (χ1v) is 4.15. The van der Waals surface area contributed by atoms with E-state index in [0.29, 0.717) is 12.0 Å². The van der Waals surface area contributed by atoms with Crippen LogP contribution >= 0.6 is 0 Å². The van der Waals surface area contributed by atoms with Gasteiger partial charge in [-0.3, -0.25) is 0 Å². The first-order chi connectivity index (χ1) is 6.65. The van der Waals surface area contributed by atoms with E-state index < -0.39 is 13.0 Å². The van der Waals surface area contributed by atoms with Crippen molar-refractivity contribution in [3.63, 3.8) is 0 Å². The Morgan fingerprint density at radius 2 is 2.21 bits per heavy atom. The molecule has 2 N–H and O–H groups in total. The van der Waals surface area contributed by atoms with E-state index in [9.17, 15) is 8.78 Å². The van der Waals surface area contributed by atoms with Crippen LogP contribution in [-0.2, 0) is 6.42 Å². The van der Waals surface area contributed by atoms with Crippen molar-refractivity contribution in [2.24, 2.45) is 0 Å². The van der Waals surface area contributed by atoms with Gasteiger partial charge in [-0.1, -0.05) is 6.92 Å². The summed E-state index contributed by atoms with van der Waals surface area (Å²) < 4.78 is 28.5. The Balaban J connectivity index is 2.80. The van der Waals surface area contributed by atoms with E-state index in [1.807, 2.05) is 6.92 Å². The highest BCUT2D eigenvalue weighted by atomic mass is 19.3. The topological polar surface area (TPSA) is 61.0 Å². The maximum atomic E-state index is 11.9. The minimum Gasteiger partial charge on any atom is -0.471 e. The Morgan fingerprint density at radius 3 is 2.79 bits per heavy atom. The number of ether oxygens (including phenoxy) is 1. The summed E-state index contributed by atoms with van der Waals surface area (Å²) in [4.78, 5) is 7.47. The van der Waals surface area contributed by atoms with Gasteiger partial charge in [0, 0.05) is 0 Å². The Labute approximate surface area is 80.1 Å². The molecule has 78 valence electrons. The molecule has 0 amide bonds. The molecule has 4 nitrogen and oxygen atoms in total. The molecule has 0 aromatic carbocycles. The Morgan fingerprint density at radius 1 is 1.50 bits per heavy atom. The van der Waals surface area contributed by atoms with Gasteiger partial charge < -0.3 is 10.5 Å². The third-order valence-corrected chi connectivity index (χ3v) is 1.64. The zero-order valence-electron chi connectivity index (χ0n) is 7.70. The number of rotatable bonds is 4. The number of alkyl halides is 2. The quantitative estimate of drug-likeness (QED) is 0.800. The van der Waals surface area contributed by atoms with Crippen molar-refractivity contribution in [1.29, 1.82) is 0 Å². The maximum absolute atomic E-state index is 11.9. The summed E-state index contributed by atoms with van der Waals surface area (Å²) in [5.41, 5.74) is 6.08. The van der Waals surface area contributed by atoms with E-state index >= 15 is 0 Å². The highest BCUT2D eigenvalue weighted by Crippen LogP contribution is 2.20. The summed E-state index contributed by atoms with van der Waals surface area (Å²) in [6.45, 7) is 1.15. The summed E-state index contributed by atoms with van der Waals surface area (Å²) in [7, 11) is 0. The third kappa shape index (κ3) is 2.51. The third-order valence-electron chi connectivity index (χ3n) is 1.64. The van der Waals surface area contributed by atoms with E-state index in [1.165, 1.54) is 6.33 Å². The highest BCUT2D eigenvalue weighted by Gasteiger charge is 2.10. The number of nitrogens with zero attached hydrogens (tertiary/aromatic N) is 2. The van der Waals surface area contributed by atoms with E-state index in [2.05, 4.69) is 9.97 Å². The van der Waals surface area contributed by atoms with Crippen molar-refractivity contribution in [1.82, 2.24) is 9.97 Å². The molecule has 0 aliphatic carbocycles. The van der Waals surface area contributed by atoms with Crippen LogP contribution in [0, 0.1) is 0 Å². The highest BCUT2D eigenvalue weighted by molar-refractivity contribution is 5.44. The number of nitrogens with two attached hydrogens (primary N) is 1. The van der Waals surface area contributed by atoms with Gasteiger partial charge in [-0.05, 0) is 6.42 Å². The van der Waals surface area contributed by atoms with E-state index in [1.54, 1.807) is 0 Å². The molecule has 1 heterocycles. The van der Waals surface area contributed by atoms with Crippen LogP contribution in [0.2, 0.25) is 0 Å². The van der Waals surface area contributed by atoms with Crippen LogP contribution in [0.15, 0.2) is 6.33 Å². The fourth-order valence-electron chi connectivity index (χ4n) is 1.01. The van der Waals surface area contributed by atoms with Gasteiger partial charge in [-0.2, -0.15) is 0 Å². The number of halogens is 2. The predicted molar refractivity (Wildman–Crippen MR) is 47.3 cm³/mol. The minimum absolute atomic E-state index is 0.139. The molecule has 0 radical (unpaired) electrons. The Hall–Kier alpha value is -1.46. The van der Waals surface area contributed by atoms with Crippen LogP contribution in [0.5, 0.6) is 5.88 Å². The average molecular weight is 203 g/mol. The number of hydrogen-bond acceptors (Lipinski definition) is 4. The summed E-state index contributed by atoms with van der Waals surface area (Å²) >= 11 is 0. The van der Waals surface area contributed by atoms with Crippen LogP contribution in [0.3, 0.4) is 0 Å². The molecule has 1 rings (SSSR count). The second-order valence-electron chi connectivity index (χ2n) is 2.60. The molecule has 14 heavy (non-hydrogen) atoms. The summed E-state index contributed by atoms with van der Waals surface area (Å²) in [5.74, 6) is 0.409. The molecule has 0 unspecified atom stereocenters. The zero-order valence-corrected chi connectivity index (χ0v) is 7.70. The van der Waals surface area contributed by atoms with Crippen LogP contribution in [-0.4, -0.2) is 23.0 Å². The molecule has 0 bridgehead atoms. The monoisotopic (exact) mass is 203 g/mol. The summed E-state index contributed by atoms with van der Waals surface area (Å²) in [6, 6.07) is 0. The molecule has 0 aliphatic heterocycles. The lowest BCUT2D eigenvalue weighted by Crippen LogP contribution is -2.11. The molecule has 1 aromatic heterocycles. The van der Waals surface area contributed by atoms with Gasteiger partial charge in [0.15, 0.2) is 6.61 Å². The molecule has 0 spiro atoms. The molecular formula is C8H11F2N3O. The standard InChI is InChI=1S/C8H11F2N3O/c1-2-5-7(11)12-4-13-8(5)14-3-6(9)10/h4,6H,2-3H2,1H3,(H2,11,12,13). The van der Waals surface area contributed by atoms with Gasteiger partial charge in [0.2, 0.25) is 5.88 Å². The van der Waals surface area contributed by atoms with Crippen LogP contribution < -0.4 is 10.5 Å². The number of aromatic nitrogens is 2. The molecule has 0 saturated carbocycles. The van der Waals surface area contributed by atoms with Gasteiger partial charge in [0.05, 0.1) is 5.56 Å². The molecule has 0 atom stereocenters. The largest absolute Gasteiger partial charge is 0.471 e. The fraction of sp³-hybridized carbons (Fsp3) is 0.500. The number of hydrogen-bond donors (Lipinski definition) is 1. The van der Waals surface area contributed by atoms with Gasteiger partial charge in [0.25, 0.3) is 6.43 Å². The minimum atomic E-state index is -2.52. The second kappa shape index (κ2) is 4.69. The lowest BCUT2D eigenvalue weighted by Gasteiger charge is -2.09. The SMILES string of the molecule is CCc1c(N)ncnc1OCC(F)F. The predicted octanol–water partition coefficient (Wildman–Crippen LogP) is 1.27. The van der Waals surface area contributed by atoms with E-state index in [-0.39, 0.29) is 11.7 Å². The number of anilines is 1. The smallest absolute Gasteiger partial charge is 0.272 e. The molecular weight excluding hydrogens is 192 g/mol. The van der Waals surface area contributed by atoms with Crippen LogP contribution in [0.4, 0.5) is 14.6 Å². The molecule has 0 saturated heterocycles. The van der Waals surface area contributed by atoms with Gasteiger partial charge in [-0.25, -0.2) is 18.7 Å². The zero-order chi connectivity index (χ0) is 10.6. The van der Waals surface area contributed by atoms with Crippen molar-refractivity contribution in [3.05, 3.63) is 11.9 Å². The number of nitrogen functional groups attached to an aromatic ring is 1. The van der Waals surface area contributed by atoms with Crippen LogP contribution in [0.1, 0.15) is 12.5 Å². The molecule has 1 aromatic rings. The second-order valence-corrected chi connectivity index (χ2v) is 2.60. The molecule has 0 fully saturated rings. The van der Waals surface area contributed by atoms with Gasteiger partial charge in [-0.15, -0.1) is 0 Å². The first-order valence-electron chi connectivity index (χ1n) is 4.15. The van der Waals surface area contributed by atoms with Crippen molar-refractivity contribution in [2.75, 3.05) is 12.3 Å². The average Bonchev–Trinajstić information content (AvgIpc) is 2.14. The lowest BCUT2D eigenvalue weighted by atomic mass is 10.2. The van der Waals surface area contributed by atoms with Crippen molar-refractivity contribution in [3.8, 4) is 5.88 Å². The van der Waals surface area contributed by atoms with E-state index in [4.69, 9.17) is 10.5 Å². The summed E-state index contributed by atoms with van der Waals surface area (Å²) in [5, 5.41) is 0. The Kier molecular flexibility index (Phi) is 3.55. The van der Waals surface area contributed by atoms with Gasteiger partial charge in [0.1, 0.15) is 12.1 Å². The van der Waals surface area contributed by atoms with Crippen molar-refractivity contribution < 1.29 is 13.5 Å². The molecule has 0 aliphatic rings. The normalized spacial score (nSPS) is 10.6. The maximum Gasteiger partial charge on any atom is 0.272 e. The molecule has 6 heteroatoms. The van der Waals surface area contributed by atoms with Crippen molar-refractivity contribution in [2.45, 2.75) is 19.8 Å². The summed E-state index contributed by atoms with van der Waals surface area (Å²) in [6.07, 6.45) is -0.781. The fourth-order valence-corrected chi connectivity index (χ4v) is 1.01. The lowest BCUT2D eigenvalue weighted by molar-refractivity contribution is 0.0790. The van der Waals surface area contributed by atoms with Crippen LogP contribution in [0.25, 0.3) is 0 Å². The van der Waals surface area contributed by atoms with E-state index in [0.717, 1.165) is 0 Å². The Bertz CT molecular complexity index is 307. The van der Waals surface area contributed by atoms with Gasteiger partial charge >= 0.3 is 0 Å². The first kappa shape index (κ1) is 10.6.